The molecule has 6 heteroatoms. The van der Waals surface area contributed by atoms with Crippen molar-refractivity contribution in [1.29, 1.82) is 0 Å². The predicted molar refractivity (Wildman–Crippen MR) is 113 cm³/mol. The van der Waals surface area contributed by atoms with Crippen LogP contribution in [-0.4, -0.2) is 28.3 Å². The highest BCUT2D eigenvalue weighted by atomic mass is 16.5. The Kier molecular flexibility index (Phi) is 6.79. The van der Waals surface area contributed by atoms with Crippen LogP contribution in [0.2, 0.25) is 0 Å². The largest absolute Gasteiger partial charge is 0.481 e. The van der Waals surface area contributed by atoms with Crippen LogP contribution in [0.5, 0.6) is 5.75 Å². The van der Waals surface area contributed by atoms with Crippen molar-refractivity contribution < 1.29 is 9.53 Å². The third kappa shape index (κ3) is 5.54. The monoisotopic (exact) mass is 391 g/mol. The van der Waals surface area contributed by atoms with Crippen molar-refractivity contribution in [3.05, 3.63) is 82.6 Å². The molecule has 1 N–H and O–H groups in total. The van der Waals surface area contributed by atoms with E-state index < -0.39 is 6.10 Å². The van der Waals surface area contributed by atoms with Gasteiger partial charge < -0.3 is 10.1 Å². The van der Waals surface area contributed by atoms with E-state index in [1.54, 1.807) is 13.0 Å². The van der Waals surface area contributed by atoms with Crippen LogP contribution in [0.15, 0.2) is 71.5 Å². The standard InChI is InChI=1S/C23H25N3O3/c1-3-18-9-11-20(12-10-18)29-17(2)23(28)24-15-16-26-22(27)14-13-21(25-26)19-7-5-4-6-8-19/h4-14,17H,3,15-16H2,1-2H3,(H,24,28). The molecule has 2 aromatic carbocycles. The molecule has 0 spiro atoms. The zero-order chi connectivity index (χ0) is 20.6. The number of carbonyl (C=O) groups excluding carboxylic acids is 1. The predicted octanol–water partition coefficient (Wildman–Crippen LogP) is 3.06. The van der Waals surface area contributed by atoms with Crippen molar-refractivity contribution in [2.45, 2.75) is 32.9 Å². The molecular weight excluding hydrogens is 366 g/mol. The first-order valence-corrected chi connectivity index (χ1v) is 9.73. The summed E-state index contributed by atoms with van der Waals surface area (Å²) in [5.41, 5.74) is 2.65. The summed E-state index contributed by atoms with van der Waals surface area (Å²) in [6.45, 7) is 4.35. The van der Waals surface area contributed by atoms with E-state index in [1.807, 2.05) is 54.6 Å². The van der Waals surface area contributed by atoms with Gasteiger partial charge in [0, 0.05) is 18.2 Å². The number of aromatic nitrogens is 2. The molecular formula is C23H25N3O3. The third-order valence-corrected chi connectivity index (χ3v) is 4.57. The first-order valence-electron chi connectivity index (χ1n) is 9.73. The minimum atomic E-state index is -0.636. The molecule has 1 amide bonds. The van der Waals surface area contributed by atoms with Gasteiger partial charge in [0.25, 0.3) is 11.5 Å². The number of benzene rings is 2. The summed E-state index contributed by atoms with van der Waals surface area (Å²) in [5.74, 6) is 0.412. The fourth-order valence-corrected chi connectivity index (χ4v) is 2.86. The lowest BCUT2D eigenvalue weighted by molar-refractivity contribution is -0.127. The molecule has 0 fully saturated rings. The Morgan fingerprint density at radius 2 is 1.79 bits per heavy atom. The van der Waals surface area contributed by atoms with Crippen LogP contribution in [0.25, 0.3) is 11.3 Å². The van der Waals surface area contributed by atoms with Gasteiger partial charge in [0.1, 0.15) is 5.75 Å². The number of hydrogen-bond acceptors (Lipinski definition) is 4. The molecule has 0 aliphatic rings. The lowest BCUT2D eigenvalue weighted by atomic mass is 10.1. The second kappa shape index (κ2) is 9.68. The van der Waals surface area contributed by atoms with Gasteiger partial charge >= 0.3 is 0 Å². The SMILES string of the molecule is CCc1ccc(OC(C)C(=O)NCCn2nc(-c3ccccc3)ccc2=O)cc1. The lowest BCUT2D eigenvalue weighted by Crippen LogP contribution is -2.39. The van der Waals surface area contributed by atoms with Gasteiger partial charge in [-0.2, -0.15) is 5.10 Å². The fourth-order valence-electron chi connectivity index (χ4n) is 2.86. The Morgan fingerprint density at radius 3 is 2.48 bits per heavy atom. The minimum absolute atomic E-state index is 0.209. The molecule has 0 saturated heterocycles. The molecule has 1 unspecified atom stereocenters. The molecule has 6 nitrogen and oxygen atoms in total. The Labute approximate surface area is 170 Å². The average Bonchev–Trinajstić information content (AvgIpc) is 2.76. The molecule has 29 heavy (non-hydrogen) atoms. The van der Waals surface area contributed by atoms with Gasteiger partial charge in [0.2, 0.25) is 0 Å². The molecule has 150 valence electrons. The normalized spacial score (nSPS) is 11.7. The molecule has 1 atom stereocenters. The van der Waals surface area contributed by atoms with Crippen LogP contribution < -0.4 is 15.6 Å². The zero-order valence-corrected chi connectivity index (χ0v) is 16.7. The van der Waals surface area contributed by atoms with E-state index in [4.69, 9.17) is 4.74 Å². The van der Waals surface area contributed by atoms with Gasteiger partial charge in [-0.3, -0.25) is 9.59 Å². The van der Waals surface area contributed by atoms with E-state index in [0.717, 1.165) is 12.0 Å². The van der Waals surface area contributed by atoms with Crippen LogP contribution in [0.4, 0.5) is 0 Å². The Bertz CT molecular complexity index is 998. The van der Waals surface area contributed by atoms with E-state index in [-0.39, 0.29) is 24.6 Å². The van der Waals surface area contributed by atoms with Crippen molar-refractivity contribution in [2.24, 2.45) is 0 Å². The van der Waals surface area contributed by atoms with Crippen LogP contribution >= 0.6 is 0 Å². The van der Waals surface area contributed by atoms with Crippen molar-refractivity contribution in [2.75, 3.05) is 6.54 Å². The molecule has 1 aromatic heterocycles. The van der Waals surface area contributed by atoms with Crippen molar-refractivity contribution in [1.82, 2.24) is 15.1 Å². The number of aryl methyl sites for hydroxylation is 1. The average molecular weight is 391 g/mol. The smallest absolute Gasteiger partial charge is 0.266 e. The minimum Gasteiger partial charge on any atom is -0.481 e. The van der Waals surface area contributed by atoms with Crippen LogP contribution in [-0.2, 0) is 17.8 Å². The molecule has 3 rings (SSSR count). The quantitative estimate of drug-likeness (QED) is 0.641. The first kappa shape index (κ1) is 20.3. The zero-order valence-electron chi connectivity index (χ0n) is 16.7. The second-order valence-electron chi connectivity index (χ2n) is 6.69. The van der Waals surface area contributed by atoms with Crippen molar-refractivity contribution in [3.8, 4) is 17.0 Å². The van der Waals surface area contributed by atoms with Gasteiger partial charge in [-0.25, -0.2) is 4.68 Å². The van der Waals surface area contributed by atoms with E-state index in [9.17, 15) is 9.59 Å². The number of nitrogens with one attached hydrogen (secondary N) is 1. The summed E-state index contributed by atoms with van der Waals surface area (Å²) < 4.78 is 7.04. The Morgan fingerprint density at radius 1 is 1.07 bits per heavy atom. The third-order valence-electron chi connectivity index (χ3n) is 4.57. The first-order chi connectivity index (χ1) is 14.1. The summed E-state index contributed by atoms with van der Waals surface area (Å²) in [6, 6.07) is 20.5. The molecule has 0 bridgehead atoms. The molecule has 0 radical (unpaired) electrons. The van der Waals surface area contributed by atoms with Crippen molar-refractivity contribution >= 4 is 5.91 Å². The maximum absolute atomic E-state index is 12.3. The van der Waals surface area contributed by atoms with Crippen LogP contribution in [0.1, 0.15) is 19.4 Å². The summed E-state index contributed by atoms with van der Waals surface area (Å²) in [4.78, 5) is 24.4. The van der Waals surface area contributed by atoms with E-state index in [0.29, 0.717) is 11.4 Å². The van der Waals surface area contributed by atoms with Gasteiger partial charge in [0.15, 0.2) is 6.10 Å². The molecule has 0 saturated carbocycles. The van der Waals surface area contributed by atoms with Crippen molar-refractivity contribution in [3.63, 3.8) is 0 Å². The molecule has 1 heterocycles. The molecule has 0 aliphatic carbocycles. The number of hydrogen-bond donors (Lipinski definition) is 1. The number of nitrogens with zero attached hydrogens (tertiary/aromatic N) is 2. The van der Waals surface area contributed by atoms with Gasteiger partial charge in [0.05, 0.1) is 12.2 Å². The molecule has 3 aromatic rings. The topological polar surface area (TPSA) is 73.2 Å². The van der Waals surface area contributed by atoms with E-state index >= 15 is 0 Å². The second-order valence-corrected chi connectivity index (χ2v) is 6.69. The Balaban J connectivity index is 1.55. The molecule has 0 aliphatic heterocycles. The summed E-state index contributed by atoms with van der Waals surface area (Å²) in [5, 5.41) is 7.19. The fraction of sp³-hybridized carbons (Fsp3) is 0.261. The van der Waals surface area contributed by atoms with E-state index in [1.165, 1.54) is 16.3 Å². The highest BCUT2D eigenvalue weighted by Crippen LogP contribution is 2.15. The summed E-state index contributed by atoms with van der Waals surface area (Å²) >= 11 is 0. The van der Waals surface area contributed by atoms with Crippen LogP contribution in [0, 0.1) is 0 Å². The number of carbonyl (C=O) groups is 1. The van der Waals surface area contributed by atoms with Gasteiger partial charge in [-0.05, 0) is 37.1 Å². The Hall–Kier alpha value is -3.41. The number of ether oxygens (including phenoxy) is 1. The highest BCUT2D eigenvalue weighted by molar-refractivity contribution is 5.80. The lowest BCUT2D eigenvalue weighted by Gasteiger charge is -2.15. The summed E-state index contributed by atoms with van der Waals surface area (Å²) in [6.07, 6.45) is 0.317. The highest BCUT2D eigenvalue weighted by Gasteiger charge is 2.14. The number of rotatable bonds is 8. The summed E-state index contributed by atoms with van der Waals surface area (Å²) in [7, 11) is 0. The maximum atomic E-state index is 12.3. The van der Waals surface area contributed by atoms with Gasteiger partial charge in [-0.1, -0.05) is 49.4 Å². The van der Waals surface area contributed by atoms with Gasteiger partial charge in [-0.15, -0.1) is 0 Å². The maximum Gasteiger partial charge on any atom is 0.266 e. The number of amides is 1. The van der Waals surface area contributed by atoms with E-state index in [2.05, 4.69) is 17.3 Å². The van der Waals surface area contributed by atoms with Crippen LogP contribution in [0.3, 0.4) is 0 Å².